The molecular weight excluding hydrogens is 412 g/mol. The van der Waals surface area contributed by atoms with E-state index in [9.17, 15) is 24.3 Å². The van der Waals surface area contributed by atoms with Crippen LogP contribution in [0, 0.1) is 28.6 Å². The molecule has 0 amide bonds. The number of hydrogen-bond donors (Lipinski definition) is 1. The van der Waals surface area contributed by atoms with Crippen LogP contribution in [0.1, 0.15) is 72.6 Å². The number of hydrogen-bond acceptors (Lipinski definition) is 7. The summed E-state index contributed by atoms with van der Waals surface area (Å²) in [5.74, 6) is -0.964. The molecule has 7 heteroatoms. The molecule has 0 radical (unpaired) electrons. The van der Waals surface area contributed by atoms with E-state index in [1.165, 1.54) is 13.8 Å². The Morgan fingerprint density at radius 3 is 2.47 bits per heavy atom. The normalized spacial score (nSPS) is 42.8. The Morgan fingerprint density at radius 1 is 1.09 bits per heavy atom. The Bertz CT molecular complexity index is 891. The number of carbonyl (C=O) groups excluding carboxylic acids is 4. The minimum atomic E-state index is -1.63. The Balaban J connectivity index is 1.73. The van der Waals surface area contributed by atoms with Gasteiger partial charge >= 0.3 is 11.9 Å². The van der Waals surface area contributed by atoms with Gasteiger partial charge in [-0.2, -0.15) is 0 Å². The second kappa shape index (κ2) is 7.79. The maximum absolute atomic E-state index is 13.1. The SMILES string of the molecule is CC(=O)OCC(=O)[C@@]1(O)CC[C@@H]2[C@@H]3CCC4=CC(=O)CC[C@]4(C)[C@H]3[C@H](OC(C)=O)C[C@@]21C. The fourth-order valence-corrected chi connectivity index (χ4v) is 7.72. The van der Waals surface area contributed by atoms with E-state index in [1.807, 2.05) is 6.92 Å². The summed E-state index contributed by atoms with van der Waals surface area (Å²) in [7, 11) is 0. The van der Waals surface area contributed by atoms with Gasteiger partial charge in [0.05, 0.1) is 0 Å². The maximum atomic E-state index is 13.1. The van der Waals surface area contributed by atoms with Crippen molar-refractivity contribution >= 4 is 23.5 Å². The van der Waals surface area contributed by atoms with Crippen molar-refractivity contribution < 1.29 is 33.8 Å². The summed E-state index contributed by atoms with van der Waals surface area (Å²) in [6.07, 6.45) is 5.59. The van der Waals surface area contributed by atoms with Crippen molar-refractivity contribution in [3.63, 3.8) is 0 Å². The van der Waals surface area contributed by atoms with Crippen LogP contribution in [0.3, 0.4) is 0 Å². The predicted molar refractivity (Wildman–Crippen MR) is 114 cm³/mol. The number of rotatable bonds is 4. The molecule has 7 nitrogen and oxygen atoms in total. The molecule has 4 rings (SSSR count). The fourth-order valence-electron chi connectivity index (χ4n) is 7.72. The molecule has 7 atom stereocenters. The van der Waals surface area contributed by atoms with Crippen molar-refractivity contribution in [2.24, 2.45) is 28.6 Å². The van der Waals surface area contributed by atoms with Crippen LogP contribution in [0.15, 0.2) is 11.6 Å². The zero-order chi connectivity index (χ0) is 23.5. The molecule has 0 aromatic heterocycles. The first kappa shape index (κ1) is 23.1. The van der Waals surface area contributed by atoms with Crippen LogP contribution in [0.2, 0.25) is 0 Å². The monoisotopic (exact) mass is 446 g/mol. The Labute approximate surface area is 188 Å². The topological polar surface area (TPSA) is 107 Å². The van der Waals surface area contributed by atoms with Gasteiger partial charge in [-0.1, -0.05) is 19.4 Å². The largest absolute Gasteiger partial charge is 0.462 e. The van der Waals surface area contributed by atoms with Gasteiger partial charge in [-0.25, -0.2) is 0 Å². The van der Waals surface area contributed by atoms with Gasteiger partial charge in [-0.3, -0.25) is 19.2 Å². The van der Waals surface area contributed by atoms with Crippen molar-refractivity contribution in [1.29, 1.82) is 0 Å². The third-order valence-electron chi connectivity index (χ3n) is 9.21. The van der Waals surface area contributed by atoms with E-state index in [4.69, 9.17) is 9.47 Å². The Hall–Kier alpha value is -2.02. The minimum absolute atomic E-state index is 0.0449. The van der Waals surface area contributed by atoms with Crippen LogP contribution in [0.25, 0.3) is 0 Å². The quantitative estimate of drug-likeness (QED) is 0.662. The summed E-state index contributed by atoms with van der Waals surface area (Å²) in [5.41, 5.74) is -1.50. The van der Waals surface area contributed by atoms with Crippen molar-refractivity contribution in [2.45, 2.75) is 84.3 Å². The highest BCUT2D eigenvalue weighted by Gasteiger charge is 2.69. The zero-order valence-corrected chi connectivity index (χ0v) is 19.4. The first-order valence-electron chi connectivity index (χ1n) is 11.7. The van der Waals surface area contributed by atoms with Gasteiger partial charge in [0.15, 0.2) is 12.4 Å². The van der Waals surface area contributed by atoms with E-state index in [-0.39, 0.29) is 34.9 Å². The van der Waals surface area contributed by atoms with Crippen molar-refractivity contribution in [3.8, 4) is 0 Å². The molecule has 0 aromatic rings. The lowest BCUT2D eigenvalue weighted by molar-refractivity contribution is -0.196. The number of fused-ring (bicyclic) bond motifs is 5. The average Bonchev–Trinajstić information content (AvgIpc) is 2.97. The van der Waals surface area contributed by atoms with Gasteiger partial charge < -0.3 is 14.6 Å². The van der Waals surface area contributed by atoms with Crippen molar-refractivity contribution in [2.75, 3.05) is 6.61 Å². The second-order valence-corrected chi connectivity index (χ2v) is 10.8. The van der Waals surface area contributed by atoms with Crippen LogP contribution < -0.4 is 0 Å². The van der Waals surface area contributed by atoms with Crippen LogP contribution in [-0.4, -0.2) is 46.9 Å². The van der Waals surface area contributed by atoms with Crippen LogP contribution in [-0.2, 0) is 28.7 Å². The summed E-state index contributed by atoms with van der Waals surface area (Å²) in [6.45, 7) is 6.30. The third kappa shape index (κ3) is 3.35. The highest BCUT2D eigenvalue weighted by atomic mass is 16.5. The minimum Gasteiger partial charge on any atom is -0.462 e. The number of esters is 2. The van der Waals surface area contributed by atoms with Crippen LogP contribution >= 0.6 is 0 Å². The first-order valence-corrected chi connectivity index (χ1v) is 11.7. The molecule has 0 unspecified atom stereocenters. The Kier molecular flexibility index (Phi) is 5.63. The molecule has 3 saturated carbocycles. The van der Waals surface area contributed by atoms with E-state index in [0.717, 1.165) is 24.8 Å². The molecule has 3 fully saturated rings. The molecule has 0 saturated heterocycles. The molecule has 1 N–H and O–H groups in total. The Morgan fingerprint density at radius 2 is 1.81 bits per heavy atom. The molecule has 0 heterocycles. The zero-order valence-electron chi connectivity index (χ0n) is 19.4. The number of aliphatic hydroxyl groups is 1. The van der Waals surface area contributed by atoms with Gasteiger partial charge in [0.1, 0.15) is 11.7 Å². The van der Waals surface area contributed by atoms with Gasteiger partial charge in [-0.15, -0.1) is 0 Å². The third-order valence-corrected chi connectivity index (χ3v) is 9.21. The molecule has 4 aliphatic carbocycles. The van der Waals surface area contributed by atoms with Gasteiger partial charge in [0.2, 0.25) is 5.78 Å². The standard InChI is InChI=1S/C25H34O7/c1-14(26)31-13-21(29)25(30)10-8-19-18-6-5-16-11-17(28)7-9-23(16,3)22(18)20(32-15(2)27)12-24(19,25)4/h11,18-20,22,30H,5-10,12-13H2,1-4H3/t18-,19+,20+,22+,23-,24-,25-/m0/s1. The number of ketones is 2. The fraction of sp³-hybridized carbons (Fsp3) is 0.760. The molecule has 0 aliphatic heterocycles. The molecule has 0 spiro atoms. The summed E-state index contributed by atoms with van der Waals surface area (Å²) in [6, 6.07) is 0. The van der Waals surface area contributed by atoms with E-state index >= 15 is 0 Å². The summed E-state index contributed by atoms with van der Waals surface area (Å²) in [4.78, 5) is 48.5. The maximum Gasteiger partial charge on any atom is 0.303 e. The number of ether oxygens (including phenoxy) is 2. The molecule has 0 bridgehead atoms. The van der Waals surface area contributed by atoms with Crippen molar-refractivity contribution in [3.05, 3.63) is 11.6 Å². The summed E-state index contributed by atoms with van der Waals surface area (Å²) in [5, 5.41) is 11.7. The van der Waals surface area contributed by atoms with Gasteiger partial charge in [0, 0.05) is 31.6 Å². The first-order chi connectivity index (χ1) is 14.9. The van der Waals surface area contributed by atoms with Crippen LogP contribution in [0.4, 0.5) is 0 Å². The van der Waals surface area contributed by atoms with Crippen LogP contribution in [0.5, 0.6) is 0 Å². The summed E-state index contributed by atoms with van der Waals surface area (Å²) < 4.78 is 10.8. The highest BCUT2D eigenvalue weighted by Crippen LogP contribution is 2.68. The predicted octanol–water partition coefficient (Wildman–Crippen LogP) is 2.92. The molecule has 4 aliphatic rings. The second-order valence-electron chi connectivity index (χ2n) is 10.8. The number of allylic oxidation sites excluding steroid dienone is 1. The molecule has 176 valence electrons. The smallest absolute Gasteiger partial charge is 0.303 e. The van der Waals surface area contributed by atoms with Crippen molar-refractivity contribution in [1.82, 2.24) is 0 Å². The van der Waals surface area contributed by atoms with E-state index < -0.39 is 35.5 Å². The number of Topliss-reactive ketones (excluding diaryl/α,β-unsaturated/α-hetero) is 1. The molecular formula is C25H34O7. The molecule has 32 heavy (non-hydrogen) atoms. The number of carbonyl (C=O) groups is 4. The highest BCUT2D eigenvalue weighted by molar-refractivity contribution is 5.92. The van der Waals surface area contributed by atoms with E-state index in [0.29, 0.717) is 25.7 Å². The lowest BCUT2D eigenvalue weighted by atomic mass is 9.45. The van der Waals surface area contributed by atoms with E-state index in [2.05, 4.69) is 6.92 Å². The lowest BCUT2D eigenvalue weighted by Crippen LogP contribution is -2.62. The van der Waals surface area contributed by atoms with Gasteiger partial charge in [0.25, 0.3) is 0 Å². The molecule has 0 aromatic carbocycles. The summed E-state index contributed by atoms with van der Waals surface area (Å²) >= 11 is 0. The lowest BCUT2D eigenvalue weighted by Gasteiger charge is -2.60. The van der Waals surface area contributed by atoms with E-state index in [1.54, 1.807) is 6.08 Å². The average molecular weight is 447 g/mol. The van der Waals surface area contributed by atoms with Gasteiger partial charge in [-0.05, 0) is 61.9 Å².